The number of hydrogen-bond donors (Lipinski definition) is 1. The summed E-state index contributed by atoms with van der Waals surface area (Å²) in [6, 6.07) is 19.6. The summed E-state index contributed by atoms with van der Waals surface area (Å²) in [6.45, 7) is 2.61. The number of fused-ring (bicyclic) bond motifs is 1. The lowest BCUT2D eigenvalue weighted by Gasteiger charge is -2.16. The van der Waals surface area contributed by atoms with Gasteiger partial charge in [-0.15, -0.1) is 0 Å². The molecule has 0 bridgehead atoms. The third-order valence-electron chi connectivity index (χ3n) is 5.55. The number of nitrogens with zero attached hydrogens (tertiary/aromatic N) is 4. The molecule has 0 spiro atoms. The van der Waals surface area contributed by atoms with Gasteiger partial charge in [-0.05, 0) is 60.9 Å². The van der Waals surface area contributed by atoms with E-state index < -0.39 is 0 Å². The Bertz CT molecular complexity index is 1160. The molecule has 2 aromatic heterocycles. The number of aromatic nitrogens is 3. The van der Waals surface area contributed by atoms with E-state index in [2.05, 4.69) is 20.2 Å². The molecule has 0 atom stereocenters. The predicted octanol–water partition coefficient (Wildman–Crippen LogP) is 3.95. The first-order valence-corrected chi connectivity index (χ1v) is 10.3. The highest BCUT2D eigenvalue weighted by Crippen LogP contribution is 2.19. The molecule has 1 fully saturated rings. The molecule has 1 aliphatic rings. The number of benzene rings is 2. The highest BCUT2D eigenvalue weighted by atomic mass is 16.1. The summed E-state index contributed by atoms with van der Waals surface area (Å²) in [5.41, 5.74) is 4.59. The average Bonchev–Trinajstić information content (AvgIpc) is 3.48. The Morgan fingerprint density at radius 2 is 1.73 bits per heavy atom. The number of anilines is 1. The zero-order valence-corrected chi connectivity index (χ0v) is 16.7. The van der Waals surface area contributed by atoms with Crippen LogP contribution in [0.25, 0.3) is 16.7 Å². The summed E-state index contributed by atoms with van der Waals surface area (Å²) in [5.74, 6) is 0.922. The highest BCUT2D eigenvalue weighted by molar-refractivity contribution is 5.94. The first-order valence-electron chi connectivity index (χ1n) is 10.3. The summed E-state index contributed by atoms with van der Waals surface area (Å²) in [6.07, 6.45) is 6.12. The zero-order chi connectivity index (χ0) is 20.3. The third kappa shape index (κ3) is 3.64. The van der Waals surface area contributed by atoms with E-state index in [-0.39, 0.29) is 5.91 Å². The van der Waals surface area contributed by atoms with Gasteiger partial charge in [0.25, 0.3) is 5.91 Å². The van der Waals surface area contributed by atoms with Crippen molar-refractivity contribution in [2.75, 3.05) is 18.0 Å². The van der Waals surface area contributed by atoms with E-state index in [4.69, 9.17) is 0 Å². The van der Waals surface area contributed by atoms with Crippen LogP contribution in [-0.2, 0) is 6.54 Å². The van der Waals surface area contributed by atoms with Crippen LogP contribution < -0.4 is 10.2 Å². The smallest absolute Gasteiger partial charge is 0.251 e. The zero-order valence-electron chi connectivity index (χ0n) is 16.7. The second-order valence-electron chi connectivity index (χ2n) is 7.55. The number of nitrogens with one attached hydrogen (secondary N) is 1. The standard InChI is InChI=1S/C24H23N5O/c30-24(26-16-18-7-12-23(25-15-18)28-13-3-4-14-28)19-8-10-20(11-9-19)29-17-27-21-5-1-2-6-22(21)29/h1-2,5-12,15,17H,3-4,13-14,16H2,(H,26,30). The van der Waals surface area contributed by atoms with E-state index in [0.717, 1.165) is 41.2 Å². The number of amides is 1. The summed E-state index contributed by atoms with van der Waals surface area (Å²) >= 11 is 0. The monoisotopic (exact) mass is 397 g/mol. The van der Waals surface area contributed by atoms with Crippen LogP contribution in [0.1, 0.15) is 28.8 Å². The Balaban J connectivity index is 1.23. The molecule has 6 heteroatoms. The molecule has 4 aromatic rings. The fraction of sp³-hybridized carbons (Fsp3) is 0.208. The first-order chi connectivity index (χ1) is 14.8. The lowest BCUT2D eigenvalue weighted by molar-refractivity contribution is 0.0951. The molecule has 0 aliphatic carbocycles. The number of carbonyl (C=O) groups is 1. The molecule has 0 saturated carbocycles. The fourth-order valence-electron chi connectivity index (χ4n) is 3.88. The van der Waals surface area contributed by atoms with Crippen LogP contribution in [0.4, 0.5) is 5.82 Å². The van der Waals surface area contributed by atoms with E-state index >= 15 is 0 Å². The van der Waals surface area contributed by atoms with Gasteiger partial charge in [0.1, 0.15) is 12.1 Å². The first kappa shape index (κ1) is 18.4. The van der Waals surface area contributed by atoms with E-state index in [0.29, 0.717) is 12.1 Å². The molecule has 30 heavy (non-hydrogen) atoms. The van der Waals surface area contributed by atoms with E-state index in [1.54, 1.807) is 6.33 Å². The lowest BCUT2D eigenvalue weighted by atomic mass is 10.2. The molecule has 1 saturated heterocycles. The van der Waals surface area contributed by atoms with Crippen molar-refractivity contribution in [3.63, 3.8) is 0 Å². The average molecular weight is 397 g/mol. The number of pyridine rings is 1. The van der Waals surface area contributed by atoms with Gasteiger partial charge in [0.05, 0.1) is 11.0 Å². The third-order valence-corrected chi connectivity index (χ3v) is 5.55. The van der Waals surface area contributed by atoms with Crippen molar-refractivity contribution in [3.8, 4) is 5.69 Å². The van der Waals surface area contributed by atoms with E-state index in [1.165, 1.54) is 12.8 Å². The van der Waals surface area contributed by atoms with Crippen LogP contribution in [0.3, 0.4) is 0 Å². The van der Waals surface area contributed by atoms with Crippen molar-refractivity contribution in [1.29, 1.82) is 0 Å². The molecule has 2 aromatic carbocycles. The molecule has 5 rings (SSSR count). The molecular weight excluding hydrogens is 374 g/mol. The summed E-state index contributed by atoms with van der Waals surface area (Å²) in [4.78, 5) is 23.8. The van der Waals surface area contributed by atoms with Gasteiger partial charge in [-0.1, -0.05) is 18.2 Å². The van der Waals surface area contributed by atoms with Crippen molar-refractivity contribution in [3.05, 3.63) is 84.3 Å². The van der Waals surface area contributed by atoms with Crippen molar-refractivity contribution >= 4 is 22.8 Å². The maximum Gasteiger partial charge on any atom is 0.251 e. The quantitative estimate of drug-likeness (QED) is 0.554. The molecular formula is C24H23N5O. The van der Waals surface area contributed by atoms with Gasteiger partial charge in [0.2, 0.25) is 0 Å². The fourth-order valence-corrected chi connectivity index (χ4v) is 3.88. The molecule has 3 heterocycles. The largest absolute Gasteiger partial charge is 0.357 e. The maximum atomic E-state index is 12.5. The van der Waals surface area contributed by atoms with Crippen LogP contribution in [0.5, 0.6) is 0 Å². The number of hydrogen-bond acceptors (Lipinski definition) is 4. The van der Waals surface area contributed by atoms with E-state index in [1.807, 2.05) is 71.4 Å². The molecule has 1 amide bonds. The number of imidazole rings is 1. The SMILES string of the molecule is O=C(NCc1ccc(N2CCCC2)nc1)c1ccc(-n2cnc3ccccc32)cc1. The summed E-state index contributed by atoms with van der Waals surface area (Å²) in [7, 11) is 0. The van der Waals surface area contributed by atoms with Crippen LogP contribution in [-0.4, -0.2) is 33.5 Å². The van der Waals surface area contributed by atoms with Gasteiger partial charge in [-0.3, -0.25) is 9.36 Å². The maximum absolute atomic E-state index is 12.5. The van der Waals surface area contributed by atoms with Gasteiger partial charge in [0, 0.05) is 37.1 Å². The van der Waals surface area contributed by atoms with Gasteiger partial charge in [0.15, 0.2) is 0 Å². The number of para-hydroxylation sites is 2. The van der Waals surface area contributed by atoms with Gasteiger partial charge >= 0.3 is 0 Å². The predicted molar refractivity (Wildman–Crippen MR) is 118 cm³/mol. The van der Waals surface area contributed by atoms with Crippen molar-refractivity contribution in [1.82, 2.24) is 19.9 Å². The van der Waals surface area contributed by atoms with Crippen LogP contribution in [0.2, 0.25) is 0 Å². The molecule has 0 radical (unpaired) electrons. The molecule has 1 N–H and O–H groups in total. The Morgan fingerprint density at radius 3 is 2.50 bits per heavy atom. The van der Waals surface area contributed by atoms with Crippen molar-refractivity contribution < 1.29 is 4.79 Å². The van der Waals surface area contributed by atoms with Crippen LogP contribution in [0.15, 0.2) is 73.2 Å². The normalized spacial score (nSPS) is 13.7. The van der Waals surface area contributed by atoms with Gasteiger partial charge in [-0.2, -0.15) is 0 Å². The minimum absolute atomic E-state index is 0.0966. The minimum atomic E-state index is -0.0966. The molecule has 1 aliphatic heterocycles. The number of rotatable bonds is 5. The second-order valence-corrected chi connectivity index (χ2v) is 7.55. The topological polar surface area (TPSA) is 63.1 Å². The molecule has 150 valence electrons. The lowest BCUT2D eigenvalue weighted by Crippen LogP contribution is -2.23. The van der Waals surface area contributed by atoms with Crippen LogP contribution in [0, 0.1) is 0 Å². The highest BCUT2D eigenvalue weighted by Gasteiger charge is 2.13. The Labute approximate surface area is 175 Å². The summed E-state index contributed by atoms with van der Waals surface area (Å²) in [5, 5.41) is 2.98. The Hall–Kier alpha value is -3.67. The minimum Gasteiger partial charge on any atom is -0.357 e. The van der Waals surface area contributed by atoms with Crippen molar-refractivity contribution in [2.24, 2.45) is 0 Å². The summed E-state index contributed by atoms with van der Waals surface area (Å²) < 4.78 is 2.02. The van der Waals surface area contributed by atoms with E-state index in [9.17, 15) is 4.79 Å². The molecule has 0 unspecified atom stereocenters. The Morgan fingerprint density at radius 1 is 0.933 bits per heavy atom. The number of carbonyl (C=O) groups excluding carboxylic acids is 1. The van der Waals surface area contributed by atoms with Crippen molar-refractivity contribution in [2.45, 2.75) is 19.4 Å². The van der Waals surface area contributed by atoms with Gasteiger partial charge in [-0.25, -0.2) is 9.97 Å². The van der Waals surface area contributed by atoms with Gasteiger partial charge < -0.3 is 10.2 Å². The Kier molecular flexibility index (Phi) is 4.89. The molecule has 6 nitrogen and oxygen atoms in total. The van der Waals surface area contributed by atoms with Crippen LogP contribution >= 0.6 is 0 Å². The second kappa shape index (κ2) is 7.99.